The summed E-state index contributed by atoms with van der Waals surface area (Å²) in [6.45, 7) is 1.20. The third-order valence-electron chi connectivity index (χ3n) is 3.18. The Hall–Kier alpha value is -2.32. The number of nitrogens with two attached hydrogens (primary N) is 1. The molecule has 0 aromatic heterocycles. The Morgan fingerprint density at radius 3 is 2.33 bits per heavy atom. The van der Waals surface area contributed by atoms with Crippen molar-refractivity contribution < 1.29 is 24.3 Å². The van der Waals surface area contributed by atoms with Crippen molar-refractivity contribution in [3.63, 3.8) is 0 Å². The molecule has 0 radical (unpaired) electrons. The molecule has 1 rings (SSSR count). The summed E-state index contributed by atoms with van der Waals surface area (Å²) < 4.78 is 0. The van der Waals surface area contributed by atoms with E-state index >= 15 is 0 Å². The third kappa shape index (κ3) is 5.28. The molecule has 9 heteroatoms. The van der Waals surface area contributed by atoms with Gasteiger partial charge in [0, 0.05) is 20.1 Å². The van der Waals surface area contributed by atoms with Gasteiger partial charge in [0.25, 0.3) is 0 Å². The molecule has 1 heterocycles. The van der Waals surface area contributed by atoms with Crippen molar-refractivity contribution in [2.45, 2.75) is 25.3 Å². The quantitative estimate of drug-likeness (QED) is 0.553. The van der Waals surface area contributed by atoms with Gasteiger partial charge in [-0.2, -0.15) is 0 Å². The highest BCUT2D eigenvalue weighted by Gasteiger charge is 2.26. The lowest BCUT2D eigenvalue weighted by Gasteiger charge is -2.23. The number of nitrogens with one attached hydrogen (secondary N) is 1. The van der Waals surface area contributed by atoms with E-state index in [0.717, 1.165) is 17.7 Å². The average molecular weight is 300 g/mol. The summed E-state index contributed by atoms with van der Waals surface area (Å²) in [5.74, 6) is -2.38. The Morgan fingerprint density at radius 2 is 1.86 bits per heavy atom. The van der Waals surface area contributed by atoms with Crippen LogP contribution >= 0.6 is 0 Å². The number of amides is 4. The van der Waals surface area contributed by atoms with Crippen LogP contribution < -0.4 is 11.1 Å². The van der Waals surface area contributed by atoms with E-state index in [0.29, 0.717) is 13.1 Å². The van der Waals surface area contributed by atoms with Crippen LogP contribution in [0.2, 0.25) is 0 Å². The third-order valence-corrected chi connectivity index (χ3v) is 3.18. The number of hydrogen-bond acceptors (Lipinski definition) is 4. The van der Waals surface area contributed by atoms with Gasteiger partial charge in [-0.05, 0) is 12.8 Å². The van der Waals surface area contributed by atoms with Gasteiger partial charge in [0.05, 0.1) is 6.42 Å². The van der Waals surface area contributed by atoms with Crippen LogP contribution in [0.1, 0.15) is 19.3 Å². The molecule has 4 N–H and O–H groups in total. The molecule has 4 amide bonds. The van der Waals surface area contributed by atoms with E-state index in [1.54, 1.807) is 4.90 Å². The second-order valence-electron chi connectivity index (χ2n) is 4.95. The number of nitrogens with zero attached hydrogens (tertiary/aromatic N) is 2. The number of likely N-dealkylation sites (N-methyl/N-ethyl adjacent to an activating group) is 1. The number of carbonyl (C=O) groups excluding carboxylic acids is 3. The molecule has 1 aliphatic rings. The molecule has 1 aliphatic heterocycles. The van der Waals surface area contributed by atoms with Crippen molar-refractivity contribution >= 4 is 23.8 Å². The van der Waals surface area contributed by atoms with Crippen molar-refractivity contribution in [2.75, 3.05) is 26.7 Å². The van der Waals surface area contributed by atoms with E-state index in [4.69, 9.17) is 10.8 Å². The van der Waals surface area contributed by atoms with Gasteiger partial charge in [0.15, 0.2) is 0 Å². The van der Waals surface area contributed by atoms with Gasteiger partial charge in [-0.3, -0.25) is 9.59 Å². The van der Waals surface area contributed by atoms with Crippen LogP contribution in [0.25, 0.3) is 0 Å². The first-order valence-corrected chi connectivity index (χ1v) is 6.61. The normalized spacial score (nSPS) is 15.4. The monoisotopic (exact) mass is 300 g/mol. The lowest BCUT2D eigenvalue weighted by atomic mass is 10.2. The Morgan fingerprint density at radius 1 is 1.29 bits per heavy atom. The summed E-state index contributed by atoms with van der Waals surface area (Å²) in [4.78, 5) is 48.1. The molecule has 0 unspecified atom stereocenters. The minimum atomic E-state index is -1.40. The van der Waals surface area contributed by atoms with E-state index in [-0.39, 0.29) is 12.5 Å². The number of carboxylic acids is 1. The van der Waals surface area contributed by atoms with Crippen molar-refractivity contribution in [3.8, 4) is 0 Å². The number of aliphatic carboxylic acids is 1. The molecule has 1 saturated heterocycles. The molecule has 21 heavy (non-hydrogen) atoms. The molecular weight excluding hydrogens is 280 g/mol. The molecule has 118 valence electrons. The maximum atomic E-state index is 11.9. The summed E-state index contributed by atoms with van der Waals surface area (Å²) in [5, 5.41) is 11.1. The minimum absolute atomic E-state index is 0.144. The average Bonchev–Trinajstić information content (AvgIpc) is 2.90. The van der Waals surface area contributed by atoms with Crippen LogP contribution in [0, 0.1) is 0 Å². The molecule has 0 aliphatic carbocycles. The molecule has 9 nitrogen and oxygen atoms in total. The Labute approximate surface area is 122 Å². The Balaban J connectivity index is 2.50. The predicted molar refractivity (Wildman–Crippen MR) is 72.2 cm³/mol. The summed E-state index contributed by atoms with van der Waals surface area (Å²) in [5.41, 5.74) is 4.92. The molecule has 0 saturated carbocycles. The summed E-state index contributed by atoms with van der Waals surface area (Å²) in [6.07, 6.45) is 1.39. The molecular formula is C12H20N4O5. The topological polar surface area (TPSA) is 133 Å². The zero-order valence-corrected chi connectivity index (χ0v) is 11.9. The standard InChI is InChI=1S/C12H20N4O5/c1-15(7-10(18)16-4-2-3-5-16)12(21)14-8(11(19)20)6-9(13)17/h8H,2-7H2,1H3,(H2,13,17)(H,14,21)(H,19,20)/t8-/m0/s1. The van der Waals surface area contributed by atoms with Crippen LogP contribution in [-0.2, 0) is 14.4 Å². The number of rotatable bonds is 6. The van der Waals surface area contributed by atoms with E-state index in [9.17, 15) is 19.2 Å². The Bertz CT molecular complexity index is 433. The summed E-state index contributed by atoms with van der Waals surface area (Å²) >= 11 is 0. The zero-order valence-electron chi connectivity index (χ0n) is 11.9. The first kappa shape index (κ1) is 16.7. The van der Waals surface area contributed by atoms with E-state index in [1.165, 1.54) is 7.05 Å². The second-order valence-corrected chi connectivity index (χ2v) is 4.95. The van der Waals surface area contributed by atoms with Crippen LogP contribution in [-0.4, -0.2) is 71.4 Å². The number of primary amides is 1. The van der Waals surface area contributed by atoms with Gasteiger partial charge < -0.3 is 26.0 Å². The van der Waals surface area contributed by atoms with Crippen LogP contribution in [0.15, 0.2) is 0 Å². The van der Waals surface area contributed by atoms with Gasteiger partial charge in [0.1, 0.15) is 12.6 Å². The van der Waals surface area contributed by atoms with Gasteiger partial charge in [-0.15, -0.1) is 0 Å². The minimum Gasteiger partial charge on any atom is -0.480 e. The molecule has 0 spiro atoms. The number of carbonyl (C=O) groups is 4. The van der Waals surface area contributed by atoms with Crippen LogP contribution in [0.4, 0.5) is 4.79 Å². The highest BCUT2D eigenvalue weighted by atomic mass is 16.4. The maximum Gasteiger partial charge on any atom is 0.326 e. The van der Waals surface area contributed by atoms with Gasteiger partial charge in [0.2, 0.25) is 11.8 Å². The van der Waals surface area contributed by atoms with Crippen LogP contribution in [0.3, 0.4) is 0 Å². The predicted octanol–water partition coefficient (Wildman–Crippen LogP) is -1.42. The fourth-order valence-electron chi connectivity index (χ4n) is 2.00. The molecule has 1 atom stereocenters. The van der Waals surface area contributed by atoms with Gasteiger partial charge in [-0.25, -0.2) is 9.59 Å². The molecule has 0 bridgehead atoms. The first-order chi connectivity index (χ1) is 9.81. The van der Waals surface area contributed by atoms with Crippen molar-refractivity contribution in [1.82, 2.24) is 15.1 Å². The zero-order chi connectivity index (χ0) is 16.0. The molecule has 0 aromatic carbocycles. The summed E-state index contributed by atoms with van der Waals surface area (Å²) in [7, 11) is 1.38. The number of likely N-dealkylation sites (tertiary alicyclic amines) is 1. The summed E-state index contributed by atoms with van der Waals surface area (Å²) in [6, 6.07) is -2.14. The number of urea groups is 1. The lowest BCUT2D eigenvalue weighted by Crippen LogP contribution is -2.50. The van der Waals surface area contributed by atoms with Gasteiger partial charge in [-0.1, -0.05) is 0 Å². The molecule has 1 fully saturated rings. The van der Waals surface area contributed by atoms with Crippen molar-refractivity contribution in [3.05, 3.63) is 0 Å². The van der Waals surface area contributed by atoms with E-state index in [2.05, 4.69) is 5.32 Å². The van der Waals surface area contributed by atoms with E-state index in [1.807, 2.05) is 0 Å². The lowest BCUT2D eigenvalue weighted by molar-refractivity contribution is -0.140. The van der Waals surface area contributed by atoms with Crippen molar-refractivity contribution in [1.29, 1.82) is 0 Å². The molecule has 0 aromatic rings. The van der Waals surface area contributed by atoms with Gasteiger partial charge >= 0.3 is 12.0 Å². The van der Waals surface area contributed by atoms with E-state index < -0.39 is 30.4 Å². The maximum absolute atomic E-state index is 11.9. The fraction of sp³-hybridized carbons (Fsp3) is 0.667. The Kier molecular flexibility index (Phi) is 5.94. The largest absolute Gasteiger partial charge is 0.480 e. The SMILES string of the molecule is CN(CC(=O)N1CCCC1)C(=O)N[C@@H](CC(N)=O)C(=O)O. The highest BCUT2D eigenvalue weighted by molar-refractivity contribution is 5.89. The number of hydrogen-bond donors (Lipinski definition) is 3. The fourth-order valence-corrected chi connectivity index (χ4v) is 2.00. The first-order valence-electron chi connectivity index (χ1n) is 6.61. The number of carboxylic acid groups (broad SMARTS) is 1. The highest BCUT2D eigenvalue weighted by Crippen LogP contribution is 2.07. The van der Waals surface area contributed by atoms with Crippen molar-refractivity contribution in [2.24, 2.45) is 5.73 Å². The second kappa shape index (κ2) is 7.46. The smallest absolute Gasteiger partial charge is 0.326 e. The van der Waals surface area contributed by atoms with Crippen LogP contribution in [0.5, 0.6) is 0 Å².